The van der Waals surface area contributed by atoms with Gasteiger partial charge in [0.15, 0.2) is 0 Å². The number of carbonyl (C=O) groups excluding carboxylic acids is 3. The van der Waals surface area contributed by atoms with Crippen LogP contribution in [0.3, 0.4) is 0 Å². The third kappa shape index (κ3) is 4.17. The molecule has 0 N–H and O–H groups in total. The second-order valence-corrected chi connectivity index (χ2v) is 5.59. The molecule has 6 nitrogen and oxygen atoms in total. The van der Waals surface area contributed by atoms with Gasteiger partial charge in [0.2, 0.25) is 0 Å². The van der Waals surface area contributed by atoms with Crippen molar-refractivity contribution in [1.82, 2.24) is 9.88 Å². The van der Waals surface area contributed by atoms with Crippen LogP contribution in [0, 0.1) is 0 Å². The van der Waals surface area contributed by atoms with E-state index < -0.39 is 17.1 Å². The van der Waals surface area contributed by atoms with Crippen LogP contribution in [0.25, 0.3) is 6.08 Å². The van der Waals surface area contributed by atoms with Crippen molar-refractivity contribution < 1.29 is 19.1 Å². The number of thioether (sulfide) groups is 1. The van der Waals surface area contributed by atoms with E-state index in [4.69, 9.17) is 4.74 Å². The van der Waals surface area contributed by atoms with Crippen LogP contribution in [-0.4, -0.2) is 40.2 Å². The van der Waals surface area contributed by atoms with E-state index in [0.29, 0.717) is 12.3 Å². The lowest BCUT2D eigenvalue weighted by atomic mass is 10.3. The van der Waals surface area contributed by atoms with Gasteiger partial charge < -0.3 is 4.74 Å². The minimum absolute atomic E-state index is 0.255. The fourth-order valence-electron chi connectivity index (χ4n) is 1.74. The van der Waals surface area contributed by atoms with E-state index in [1.807, 2.05) is 6.92 Å². The summed E-state index contributed by atoms with van der Waals surface area (Å²) < 4.78 is 4.97. The molecule has 0 unspecified atom stereocenters. The van der Waals surface area contributed by atoms with Gasteiger partial charge in [-0.15, -0.1) is 0 Å². The third-order valence-corrected chi connectivity index (χ3v) is 3.80. The lowest BCUT2D eigenvalue weighted by Crippen LogP contribution is -2.34. The summed E-state index contributed by atoms with van der Waals surface area (Å²) in [6, 6.07) is 5.27. The quantitative estimate of drug-likeness (QED) is 0.455. The molecular weight excluding hydrogens is 304 g/mol. The number of hydrogen-bond donors (Lipinski definition) is 0. The Balaban J connectivity index is 2.00. The Bertz CT molecular complexity index is 601. The van der Waals surface area contributed by atoms with Crippen LogP contribution in [0.15, 0.2) is 29.3 Å². The molecule has 2 amide bonds. The fourth-order valence-corrected chi connectivity index (χ4v) is 2.56. The van der Waals surface area contributed by atoms with Crippen LogP contribution in [0.2, 0.25) is 0 Å². The van der Waals surface area contributed by atoms with E-state index in [-0.39, 0.29) is 11.4 Å². The number of nitrogens with zero attached hydrogens (tertiary/aromatic N) is 2. The summed E-state index contributed by atoms with van der Waals surface area (Å²) in [5.41, 5.74) is 0.582. The summed E-state index contributed by atoms with van der Waals surface area (Å²) in [4.78, 5) is 40.9. The normalized spacial score (nSPS) is 16.4. The molecule has 22 heavy (non-hydrogen) atoms. The van der Waals surface area contributed by atoms with E-state index >= 15 is 0 Å². The Kier molecular flexibility index (Phi) is 5.71. The van der Waals surface area contributed by atoms with Gasteiger partial charge in [0.05, 0.1) is 17.2 Å². The average Bonchev–Trinajstić information content (AvgIpc) is 2.76. The molecule has 2 rings (SSSR count). The maximum absolute atomic E-state index is 12.2. The lowest BCUT2D eigenvalue weighted by Gasteiger charge is -2.11. The number of aromatic nitrogens is 1. The molecule has 0 aliphatic carbocycles. The Labute approximate surface area is 132 Å². The number of amides is 2. The molecule has 1 fully saturated rings. The van der Waals surface area contributed by atoms with Gasteiger partial charge in [-0.05, 0) is 36.4 Å². The van der Waals surface area contributed by atoms with E-state index in [1.54, 1.807) is 24.4 Å². The Morgan fingerprint density at radius 3 is 2.91 bits per heavy atom. The van der Waals surface area contributed by atoms with Gasteiger partial charge in [-0.3, -0.25) is 24.3 Å². The molecule has 1 saturated heterocycles. The predicted octanol–water partition coefficient (Wildman–Crippen LogP) is 2.46. The number of pyridine rings is 1. The molecule has 1 aromatic rings. The highest BCUT2D eigenvalue weighted by Gasteiger charge is 2.36. The van der Waals surface area contributed by atoms with Crippen molar-refractivity contribution in [2.45, 2.75) is 19.8 Å². The Hall–Kier alpha value is -2.15. The van der Waals surface area contributed by atoms with Crippen LogP contribution >= 0.6 is 11.8 Å². The zero-order chi connectivity index (χ0) is 15.9. The van der Waals surface area contributed by atoms with Gasteiger partial charge >= 0.3 is 5.97 Å². The molecule has 116 valence electrons. The van der Waals surface area contributed by atoms with E-state index in [2.05, 4.69) is 4.98 Å². The molecule has 0 saturated carbocycles. The van der Waals surface area contributed by atoms with Crippen molar-refractivity contribution in [3.05, 3.63) is 35.0 Å². The monoisotopic (exact) mass is 320 g/mol. The lowest BCUT2D eigenvalue weighted by molar-refractivity contribution is -0.146. The molecule has 0 spiro atoms. The number of hydrogen-bond acceptors (Lipinski definition) is 6. The van der Waals surface area contributed by atoms with Crippen LogP contribution in [0.1, 0.15) is 25.5 Å². The van der Waals surface area contributed by atoms with Crippen molar-refractivity contribution in [3.63, 3.8) is 0 Å². The van der Waals surface area contributed by atoms with Crippen LogP contribution in [0.4, 0.5) is 4.79 Å². The zero-order valence-corrected chi connectivity index (χ0v) is 13.0. The summed E-state index contributed by atoms with van der Waals surface area (Å²) in [6.45, 7) is 1.93. The molecule has 0 atom stereocenters. The molecule has 0 radical (unpaired) electrons. The van der Waals surface area contributed by atoms with Gasteiger partial charge in [-0.1, -0.05) is 19.4 Å². The third-order valence-electron chi connectivity index (χ3n) is 2.89. The number of rotatable bonds is 6. The second-order valence-electron chi connectivity index (χ2n) is 4.60. The summed E-state index contributed by atoms with van der Waals surface area (Å²) in [5, 5.41) is -0.473. The summed E-state index contributed by atoms with van der Waals surface area (Å²) in [5.74, 6) is -1.07. The van der Waals surface area contributed by atoms with Crippen LogP contribution in [0.5, 0.6) is 0 Å². The first-order valence-electron chi connectivity index (χ1n) is 6.94. The van der Waals surface area contributed by atoms with E-state index in [1.165, 1.54) is 6.08 Å². The van der Waals surface area contributed by atoms with Crippen molar-refractivity contribution >= 4 is 35.0 Å². The molecule has 0 aromatic carbocycles. The largest absolute Gasteiger partial charge is 0.464 e. The topological polar surface area (TPSA) is 76.6 Å². The van der Waals surface area contributed by atoms with Crippen molar-refractivity contribution in [1.29, 1.82) is 0 Å². The maximum Gasteiger partial charge on any atom is 0.326 e. The van der Waals surface area contributed by atoms with Crippen molar-refractivity contribution in [3.8, 4) is 0 Å². The molecule has 2 heterocycles. The van der Waals surface area contributed by atoms with Gasteiger partial charge in [0.25, 0.3) is 11.1 Å². The highest BCUT2D eigenvalue weighted by atomic mass is 32.2. The summed E-state index contributed by atoms with van der Waals surface area (Å²) in [7, 11) is 0. The summed E-state index contributed by atoms with van der Waals surface area (Å²) in [6.07, 6.45) is 4.80. The molecule has 1 aliphatic heterocycles. The molecular formula is C15H16N2O4S. The maximum atomic E-state index is 12.2. The van der Waals surface area contributed by atoms with Crippen LogP contribution in [-0.2, 0) is 14.3 Å². The van der Waals surface area contributed by atoms with Gasteiger partial charge in [-0.25, -0.2) is 0 Å². The van der Waals surface area contributed by atoms with Crippen molar-refractivity contribution in [2.24, 2.45) is 0 Å². The minimum atomic E-state index is -0.574. The number of imide groups is 1. The number of esters is 1. The van der Waals surface area contributed by atoms with Crippen molar-refractivity contribution in [2.75, 3.05) is 13.2 Å². The van der Waals surface area contributed by atoms with Gasteiger partial charge in [0.1, 0.15) is 6.54 Å². The average molecular weight is 320 g/mol. The van der Waals surface area contributed by atoms with Gasteiger partial charge in [0, 0.05) is 6.20 Å². The fraction of sp³-hybridized carbons (Fsp3) is 0.333. The smallest absolute Gasteiger partial charge is 0.326 e. The van der Waals surface area contributed by atoms with E-state index in [9.17, 15) is 14.4 Å². The first-order chi connectivity index (χ1) is 10.6. The Morgan fingerprint density at radius 1 is 1.41 bits per heavy atom. The first-order valence-corrected chi connectivity index (χ1v) is 7.75. The molecule has 7 heteroatoms. The standard InChI is InChI=1S/C15H16N2O4S/c1-2-3-8-21-13(18)10-17-14(19)12(22-15(17)20)9-11-6-4-5-7-16-11/h4-7,9H,2-3,8,10H2,1H3/b12-9-. The highest BCUT2D eigenvalue weighted by molar-refractivity contribution is 8.18. The molecule has 1 aliphatic rings. The van der Waals surface area contributed by atoms with Gasteiger partial charge in [-0.2, -0.15) is 0 Å². The highest BCUT2D eigenvalue weighted by Crippen LogP contribution is 2.31. The first kappa shape index (κ1) is 16.2. The summed E-state index contributed by atoms with van der Waals surface area (Å²) >= 11 is 0.798. The molecule has 0 bridgehead atoms. The SMILES string of the molecule is CCCCOC(=O)CN1C(=O)S/C(=C\c2ccccn2)C1=O. The predicted molar refractivity (Wildman–Crippen MR) is 82.8 cm³/mol. The second kappa shape index (κ2) is 7.74. The number of unbranched alkanes of at least 4 members (excludes halogenated alkanes) is 1. The van der Waals surface area contributed by atoms with E-state index in [0.717, 1.165) is 29.5 Å². The number of ether oxygens (including phenoxy) is 1. The molecule has 1 aromatic heterocycles. The van der Waals surface area contributed by atoms with Crippen LogP contribution < -0.4 is 0 Å². The zero-order valence-electron chi connectivity index (χ0n) is 12.2. The number of carbonyl (C=O) groups is 3. The Morgan fingerprint density at radius 2 is 2.23 bits per heavy atom. The minimum Gasteiger partial charge on any atom is -0.464 e.